The highest BCUT2D eigenvalue weighted by Gasteiger charge is 2.30. The van der Waals surface area contributed by atoms with Gasteiger partial charge < -0.3 is 10.6 Å². The molecule has 1 atom stereocenters. The minimum Gasteiger partial charge on any atom is -0.355 e. The van der Waals surface area contributed by atoms with Crippen molar-refractivity contribution in [1.29, 1.82) is 0 Å². The number of benzene rings is 1. The molecule has 1 aromatic carbocycles. The Balaban J connectivity index is 2.68. The second-order valence-electron chi connectivity index (χ2n) is 4.58. The van der Waals surface area contributed by atoms with Crippen molar-refractivity contribution in [2.45, 2.75) is 26.1 Å². The molecule has 0 unspecified atom stereocenters. The van der Waals surface area contributed by atoms with Crippen LogP contribution in [0.25, 0.3) is 6.08 Å². The highest BCUT2D eigenvalue weighted by atomic mass is 19.4. The molecule has 2 N–H and O–H groups in total. The van der Waals surface area contributed by atoms with E-state index in [1.165, 1.54) is 25.1 Å². The Labute approximate surface area is 126 Å². The first-order valence-electron chi connectivity index (χ1n) is 6.67. The highest BCUT2D eigenvalue weighted by molar-refractivity contribution is 5.95. The van der Waals surface area contributed by atoms with E-state index in [4.69, 9.17) is 0 Å². The van der Waals surface area contributed by atoms with Gasteiger partial charge in [0.2, 0.25) is 11.8 Å². The van der Waals surface area contributed by atoms with Crippen LogP contribution >= 0.6 is 0 Å². The summed E-state index contributed by atoms with van der Waals surface area (Å²) < 4.78 is 37.7. The van der Waals surface area contributed by atoms with Crippen LogP contribution in [0, 0.1) is 0 Å². The molecular formula is C15H17F3N2O2. The number of hydrogen-bond acceptors (Lipinski definition) is 2. The first kappa shape index (κ1) is 17.7. The number of halogens is 3. The Morgan fingerprint density at radius 2 is 2.00 bits per heavy atom. The highest BCUT2D eigenvalue weighted by Crippen LogP contribution is 2.29. The summed E-state index contributed by atoms with van der Waals surface area (Å²) in [6.07, 6.45) is -2.08. The summed E-state index contributed by atoms with van der Waals surface area (Å²) in [6, 6.07) is 3.88. The van der Waals surface area contributed by atoms with E-state index in [-0.39, 0.29) is 11.5 Å². The molecular weight excluding hydrogens is 297 g/mol. The largest absolute Gasteiger partial charge is 0.416 e. The van der Waals surface area contributed by atoms with Gasteiger partial charge >= 0.3 is 6.18 Å². The Morgan fingerprint density at radius 3 is 2.59 bits per heavy atom. The summed E-state index contributed by atoms with van der Waals surface area (Å²) in [7, 11) is 0. The SMILES string of the molecule is CCNC(=O)[C@H](C)NC(=O)/C=C/c1cccc(C(F)(F)F)c1. The Morgan fingerprint density at radius 1 is 1.32 bits per heavy atom. The average molecular weight is 314 g/mol. The Bertz CT molecular complexity index is 568. The van der Waals surface area contributed by atoms with Gasteiger partial charge in [-0.25, -0.2) is 0 Å². The van der Waals surface area contributed by atoms with Crippen molar-refractivity contribution >= 4 is 17.9 Å². The predicted octanol–water partition coefficient (Wildman–Crippen LogP) is 2.36. The molecule has 2 amide bonds. The number of alkyl halides is 3. The van der Waals surface area contributed by atoms with Crippen LogP contribution in [0.3, 0.4) is 0 Å². The fraction of sp³-hybridized carbons (Fsp3) is 0.333. The van der Waals surface area contributed by atoms with Gasteiger partial charge in [0, 0.05) is 12.6 Å². The molecule has 0 saturated carbocycles. The summed E-state index contributed by atoms with van der Waals surface area (Å²) in [5.41, 5.74) is -0.540. The maximum absolute atomic E-state index is 12.6. The molecule has 120 valence electrons. The van der Waals surface area contributed by atoms with Gasteiger partial charge in [0.05, 0.1) is 5.56 Å². The molecule has 0 aliphatic heterocycles. The van der Waals surface area contributed by atoms with Gasteiger partial charge in [-0.15, -0.1) is 0 Å². The molecule has 0 bridgehead atoms. The normalized spacial score (nSPS) is 13.0. The minimum atomic E-state index is -4.43. The van der Waals surface area contributed by atoms with E-state index in [9.17, 15) is 22.8 Å². The lowest BCUT2D eigenvalue weighted by molar-refractivity contribution is -0.137. The minimum absolute atomic E-state index is 0.246. The Kier molecular flexibility index (Phi) is 6.15. The number of carbonyl (C=O) groups excluding carboxylic acids is 2. The van der Waals surface area contributed by atoms with E-state index >= 15 is 0 Å². The third-order valence-electron chi connectivity index (χ3n) is 2.74. The average Bonchev–Trinajstić information content (AvgIpc) is 2.44. The molecule has 22 heavy (non-hydrogen) atoms. The van der Waals surface area contributed by atoms with Crippen molar-refractivity contribution in [3.8, 4) is 0 Å². The fourth-order valence-electron chi connectivity index (χ4n) is 1.64. The predicted molar refractivity (Wildman–Crippen MR) is 76.8 cm³/mol. The van der Waals surface area contributed by atoms with Gasteiger partial charge in [-0.2, -0.15) is 13.2 Å². The number of rotatable bonds is 5. The molecule has 1 rings (SSSR count). The maximum Gasteiger partial charge on any atom is 0.416 e. The topological polar surface area (TPSA) is 58.2 Å². The number of amides is 2. The number of nitrogens with one attached hydrogen (secondary N) is 2. The zero-order valence-corrected chi connectivity index (χ0v) is 12.2. The fourth-order valence-corrected chi connectivity index (χ4v) is 1.64. The van der Waals surface area contributed by atoms with E-state index in [2.05, 4.69) is 10.6 Å². The summed E-state index contributed by atoms with van der Waals surface area (Å²) in [6.45, 7) is 3.71. The molecule has 0 heterocycles. The second kappa shape index (κ2) is 7.63. The third-order valence-corrected chi connectivity index (χ3v) is 2.74. The van der Waals surface area contributed by atoms with Crippen LogP contribution in [0.1, 0.15) is 25.0 Å². The van der Waals surface area contributed by atoms with Crippen molar-refractivity contribution in [3.05, 3.63) is 41.5 Å². The zero-order chi connectivity index (χ0) is 16.8. The lowest BCUT2D eigenvalue weighted by atomic mass is 10.1. The standard InChI is InChI=1S/C15H17F3N2O2/c1-3-19-14(22)10(2)20-13(21)8-7-11-5-4-6-12(9-11)15(16,17)18/h4-10H,3H2,1-2H3,(H,19,22)(H,20,21)/b8-7+/t10-/m0/s1. The molecule has 4 nitrogen and oxygen atoms in total. The van der Waals surface area contributed by atoms with Crippen LogP contribution in [-0.4, -0.2) is 24.4 Å². The number of carbonyl (C=O) groups is 2. The van der Waals surface area contributed by atoms with Crippen molar-refractivity contribution < 1.29 is 22.8 Å². The van der Waals surface area contributed by atoms with Crippen LogP contribution in [0.4, 0.5) is 13.2 Å². The van der Waals surface area contributed by atoms with E-state index in [0.717, 1.165) is 18.2 Å². The molecule has 1 aromatic rings. The summed E-state index contributed by atoms with van der Waals surface area (Å²) in [5.74, 6) is -0.889. The monoisotopic (exact) mass is 314 g/mol. The van der Waals surface area contributed by atoms with Crippen LogP contribution in [-0.2, 0) is 15.8 Å². The summed E-state index contributed by atoms with van der Waals surface area (Å²) >= 11 is 0. The molecule has 7 heteroatoms. The molecule has 0 radical (unpaired) electrons. The number of hydrogen-bond donors (Lipinski definition) is 2. The van der Waals surface area contributed by atoms with Crippen LogP contribution in [0.15, 0.2) is 30.3 Å². The smallest absolute Gasteiger partial charge is 0.355 e. The number of likely N-dealkylation sites (N-methyl/N-ethyl adjacent to an activating group) is 1. The molecule has 0 aliphatic rings. The van der Waals surface area contributed by atoms with Crippen molar-refractivity contribution in [2.75, 3.05) is 6.54 Å². The Hall–Kier alpha value is -2.31. The lowest BCUT2D eigenvalue weighted by Crippen LogP contribution is -2.44. The quantitative estimate of drug-likeness (QED) is 0.820. The maximum atomic E-state index is 12.6. The van der Waals surface area contributed by atoms with Crippen LogP contribution < -0.4 is 10.6 Å². The molecule has 0 aliphatic carbocycles. The van der Waals surface area contributed by atoms with Crippen molar-refractivity contribution in [2.24, 2.45) is 0 Å². The van der Waals surface area contributed by atoms with Crippen molar-refractivity contribution in [1.82, 2.24) is 10.6 Å². The molecule has 0 fully saturated rings. The first-order valence-corrected chi connectivity index (χ1v) is 6.67. The van der Waals surface area contributed by atoms with Gasteiger partial charge in [-0.05, 0) is 37.6 Å². The van der Waals surface area contributed by atoms with Gasteiger partial charge in [0.1, 0.15) is 6.04 Å². The van der Waals surface area contributed by atoms with Gasteiger partial charge in [0.15, 0.2) is 0 Å². The van der Waals surface area contributed by atoms with Gasteiger partial charge in [0.25, 0.3) is 0 Å². The molecule has 0 spiro atoms. The van der Waals surface area contributed by atoms with Gasteiger partial charge in [-0.1, -0.05) is 12.1 Å². The van der Waals surface area contributed by atoms with E-state index in [0.29, 0.717) is 6.54 Å². The van der Waals surface area contributed by atoms with Crippen LogP contribution in [0.2, 0.25) is 0 Å². The molecule has 0 saturated heterocycles. The van der Waals surface area contributed by atoms with Gasteiger partial charge in [-0.3, -0.25) is 9.59 Å². The second-order valence-corrected chi connectivity index (χ2v) is 4.58. The van der Waals surface area contributed by atoms with Crippen LogP contribution in [0.5, 0.6) is 0 Å². The summed E-state index contributed by atoms with van der Waals surface area (Å²) in [5, 5.41) is 4.97. The molecule has 0 aromatic heterocycles. The third kappa shape index (κ3) is 5.59. The van der Waals surface area contributed by atoms with E-state index in [1.807, 2.05) is 0 Å². The first-order chi connectivity index (χ1) is 10.2. The zero-order valence-electron chi connectivity index (χ0n) is 12.2. The van der Waals surface area contributed by atoms with E-state index in [1.54, 1.807) is 6.92 Å². The lowest BCUT2D eigenvalue weighted by Gasteiger charge is -2.11. The summed E-state index contributed by atoms with van der Waals surface area (Å²) in [4.78, 5) is 23.1. The van der Waals surface area contributed by atoms with E-state index < -0.39 is 23.7 Å². The van der Waals surface area contributed by atoms with Crippen molar-refractivity contribution in [3.63, 3.8) is 0 Å².